The lowest BCUT2D eigenvalue weighted by molar-refractivity contribution is 0.0977. The number of anilines is 1. The topological polar surface area (TPSA) is 80.4 Å². The van der Waals surface area contributed by atoms with Crippen LogP contribution in [0.1, 0.15) is 31.8 Å². The van der Waals surface area contributed by atoms with Crippen LogP contribution in [0.4, 0.5) is 5.69 Å². The van der Waals surface area contributed by atoms with E-state index < -0.39 is 11.6 Å². The van der Waals surface area contributed by atoms with Crippen molar-refractivity contribution < 1.29 is 14.7 Å². The molecule has 0 spiro atoms. The number of hydrogen-bond acceptors (Lipinski definition) is 4. The van der Waals surface area contributed by atoms with Crippen LogP contribution in [-0.2, 0) is 0 Å². The molecule has 0 heterocycles. The molecule has 4 nitrogen and oxygen atoms in total. The summed E-state index contributed by atoms with van der Waals surface area (Å²) < 4.78 is 0.368. The van der Waals surface area contributed by atoms with Gasteiger partial charge in [0.2, 0.25) is 0 Å². The van der Waals surface area contributed by atoms with Gasteiger partial charge in [0.1, 0.15) is 5.75 Å². The molecule has 0 atom stereocenters. The number of carbonyl (C=O) groups excluding carboxylic acids is 2. The third-order valence-corrected chi connectivity index (χ3v) is 4.11. The number of ketones is 2. The summed E-state index contributed by atoms with van der Waals surface area (Å²) in [5.74, 6) is -1.15. The first kappa shape index (κ1) is 13.1. The number of aromatic hydroxyl groups is 1. The van der Waals surface area contributed by atoms with Crippen molar-refractivity contribution in [2.24, 2.45) is 0 Å². The molecule has 0 aromatic heterocycles. The van der Waals surface area contributed by atoms with Crippen LogP contribution in [0.25, 0.3) is 0 Å². The molecule has 0 saturated heterocycles. The fourth-order valence-electron chi connectivity index (χ4n) is 2.29. The van der Waals surface area contributed by atoms with Crippen molar-refractivity contribution in [2.45, 2.75) is 0 Å². The number of nitrogen functional groups attached to an aromatic ring is 1. The van der Waals surface area contributed by atoms with Crippen molar-refractivity contribution in [1.82, 2.24) is 0 Å². The van der Waals surface area contributed by atoms with E-state index in [1.807, 2.05) is 0 Å². The lowest BCUT2D eigenvalue weighted by atomic mass is 9.83. The molecule has 0 aliphatic heterocycles. The Morgan fingerprint density at radius 3 is 2.40 bits per heavy atom. The van der Waals surface area contributed by atoms with E-state index in [1.165, 1.54) is 24.3 Å². The van der Waals surface area contributed by atoms with Crippen LogP contribution in [0, 0.1) is 0 Å². The SMILES string of the molecule is Nc1c(Br)cc(O)c2c1C(=O)c1ccc(Cl)cc1C2=O. The van der Waals surface area contributed by atoms with Crippen molar-refractivity contribution in [3.63, 3.8) is 0 Å². The largest absolute Gasteiger partial charge is 0.507 e. The molecule has 6 heteroatoms. The number of phenols is 1. The third kappa shape index (κ3) is 1.67. The Labute approximate surface area is 127 Å². The number of phenolic OH excluding ortho intramolecular Hbond substituents is 1. The highest BCUT2D eigenvalue weighted by atomic mass is 79.9. The first-order chi connectivity index (χ1) is 9.41. The maximum Gasteiger partial charge on any atom is 0.198 e. The molecular weight excluding hydrogens is 346 g/mol. The Balaban J connectivity index is 2.41. The molecule has 3 N–H and O–H groups in total. The average Bonchev–Trinajstić information content (AvgIpc) is 2.40. The van der Waals surface area contributed by atoms with Crippen LogP contribution in [0.2, 0.25) is 5.02 Å². The van der Waals surface area contributed by atoms with E-state index in [4.69, 9.17) is 17.3 Å². The van der Waals surface area contributed by atoms with Gasteiger partial charge in [-0.25, -0.2) is 0 Å². The molecule has 0 saturated carbocycles. The van der Waals surface area contributed by atoms with E-state index in [-0.39, 0.29) is 33.7 Å². The zero-order valence-electron chi connectivity index (χ0n) is 9.91. The summed E-state index contributed by atoms with van der Waals surface area (Å²) in [7, 11) is 0. The second kappa shape index (κ2) is 4.33. The summed E-state index contributed by atoms with van der Waals surface area (Å²) >= 11 is 9.01. The van der Waals surface area contributed by atoms with Crippen LogP contribution >= 0.6 is 27.5 Å². The highest BCUT2D eigenvalue weighted by molar-refractivity contribution is 9.10. The van der Waals surface area contributed by atoms with Crippen molar-refractivity contribution >= 4 is 44.8 Å². The Bertz CT molecular complexity index is 799. The van der Waals surface area contributed by atoms with Crippen molar-refractivity contribution in [3.05, 3.63) is 56.0 Å². The summed E-state index contributed by atoms with van der Waals surface area (Å²) in [6, 6.07) is 5.73. The first-order valence-corrected chi connectivity index (χ1v) is 6.78. The van der Waals surface area contributed by atoms with Gasteiger partial charge < -0.3 is 10.8 Å². The molecule has 0 fully saturated rings. The van der Waals surface area contributed by atoms with E-state index in [1.54, 1.807) is 0 Å². The predicted molar refractivity (Wildman–Crippen MR) is 78.5 cm³/mol. The van der Waals surface area contributed by atoms with Gasteiger partial charge in [-0.05, 0) is 40.2 Å². The number of nitrogens with two attached hydrogens (primary N) is 1. The van der Waals surface area contributed by atoms with Crippen LogP contribution in [0.15, 0.2) is 28.7 Å². The summed E-state index contributed by atoms with van der Waals surface area (Å²) in [5.41, 5.74) is 6.34. The maximum absolute atomic E-state index is 12.5. The van der Waals surface area contributed by atoms with E-state index in [0.717, 1.165) is 0 Å². The highest BCUT2D eigenvalue weighted by Gasteiger charge is 2.34. The standard InChI is InChI=1S/C14H7BrClNO3/c15-8-4-9(18)10-11(12(8)17)13(19)6-2-1-5(16)3-7(6)14(10)20/h1-4,18H,17H2. The molecule has 100 valence electrons. The van der Waals surface area contributed by atoms with Gasteiger partial charge in [0.05, 0.1) is 16.8 Å². The minimum Gasteiger partial charge on any atom is -0.507 e. The Morgan fingerprint density at radius 1 is 1.05 bits per heavy atom. The third-order valence-electron chi connectivity index (χ3n) is 3.22. The Hall–Kier alpha value is -1.85. The fraction of sp³-hybridized carbons (Fsp3) is 0. The molecule has 2 aromatic rings. The predicted octanol–water partition coefficient (Wildman–Crippen LogP) is 3.17. The van der Waals surface area contributed by atoms with Gasteiger partial charge >= 0.3 is 0 Å². The summed E-state index contributed by atoms with van der Waals surface area (Å²) in [4.78, 5) is 24.9. The number of halogens is 2. The van der Waals surface area contributed by atoms with Crippen molar-refractivity contribution in [2.75, 3.05) is 5.73 Å². The lowest BCUT2D eigenvalue weighted by Crippen LogP contribution is -2.22. The number of benzene rings is 2. The van der Waals surface area contributed by atoms with Crippen molar-refractivity contribution in [1.29, 1.82) is 0 Å². The van der Waals surface area contributed by atoms with Crippen LogP contribution in [0.3, 0.4) is 0 Å². The first-order valence-electron chi connectivity index (χ1n) is 5.61. The molecule has 2 aromatic carbocycles. The molecule has 1 aliphatic carbocycles. The Kier molecular flexibility index (Phi) is 2.84. The molecule has 3 rings (SSSR count). The van der Waals surface area contributed by atoms with Crippen molar-refractivity contribution in [3.8, 4) is 5.75 Å². The molecule has 0 radical (unpaired) electrons. The minimum absolute atomic E-state index is 0.0247. The summed E-state index contributed by atoms with van der Waals surface area (Å²) in [6.07, 6.45) is 0. The van der Waals surface area contributed by atoms with Crippen LogP contribution < -0.4 is 5.73 Å². The molecule has 0 amide bonds. The smallest absolute Gasteiger partial charge is 0.198 e. The monoisotopic (exact) mass is 351 g/mol. The minimum atomic E-state index is -0.464. The van der Waals surface area contributed by atoms with E-state index in [2.05, 4.69) is 15.9 Å². The van der Waals surface area contributed by atoms with Gasteiger partial charge in [0, 0.05) is 20.6 Å². The highest BCUT2D eigenvalue weighted by Crippen LogP contribution is 2.40. The maximum atomic E-state index is 12.5. The number of hydrogen-bond donors (Lipinski definition) is 2. The Morgan fingerprint density at radius 2 is 1.70 bits per heavy atom. The molecule has 20 heavy (non-hydrogen) atoms. The zero-order valence-corrected chi connectivity index (χ0v) is 12.2. The molecule has 1 aliphatic rings. The molecular formula is C14H7BrClNO3. The van der Waals surface area contributed by atoms with Gasteiger partial charge in [0.25, 0.3) is 0 Å². The van der Waals surface area contributed by atoms with Crippen LogP contribution in [-0.4, -0.2) is 16.7 Å². The van der Waals surface area contributed by atoms with E-state index in [0.29, 0.717) is 9.50 Å². The van der Waals surface area contributed by atoms with E-state index in [9.17, 15) is 14.7 Å². The van der Waals surface area contributed by atoms with Crippen LogP contribution in [0.5, 0.6) is 5.75 Å². The average molecular weight is 353 g/mol. The normalized spacial score (nSPS) is 13.1. The summed E-state index contributed by atoms with van der Waals surface area (Å²) in [5, 5.41) is 10.3. The zero-order chi connectivity index (χ0) is 14.6. The van der Waals surface area contributed by atoms with Gasteiger partial charge in [-0.1, -0.05) is 11.6 Å². The second-order valence-electron chi connectivity index (χ2n) is 4.39. The molecule has 0 unspecified atom stereocenters. The second-order valence-corrected chi connectivity index (χ2v) is 5.68. The quantitative estimate of drug-likeness (QED) is 0.481. The van der Waals surface area contributed by atoms with E-state index >= 15 is 0 Å². The van der Waals surface area contributed by atoms with Gasteiger partial charge in [-0.3, -0.25) is 9.59 Å². The van der Waals surface area contributed by atoms with Gasteiger partial charge in [-0.2, -0.15) is 0 Å². The molecule has 0 bridgehead atoms. The van der Waals surface area contributed by atoms with Gasteiger partial charge in [-0.15, -0.1) is 0 Å². The van der Waals surface area contributed by atoms with Gasteiger partial charge in [0.15, 0.2) is 11.6 Å². The fourth-order valence-corrected chi connectivity index (χ4v) is 2.88. The number of rotatable bonds is 0. The summed E-state index contributed by atoms with van der Waals surface area (Å²) in [6.45, 7) is 0. The number of fused-ring (bicyclic) bond motifs is 2. The lowest BCUT2D eigenvalue weighted by Gasteiger charge is -2.20. The number of carbonyl (C=O) groups is 2.